The Labute approximate surface area is 108 Å². The van der Waals surface area contributed by atoms with Crippen molar-refractivity contribution >= 4 is 11.3 Å². The monoisotopic (exact) mass is 250 g/mol. The SMILES string of the molecule is NC1CC(c2cccs2)CN(C2CCCC2)C1. The Kier molecular flexibility index (Phi) is 3.50. The Morgan fingerprint density at radius 2 is 2.06 bits per heavy atom. The van der Waals surface area contributed by atoms with Crippen LogP contribution in [0.25, 0.3) is 0 Å². The largest absolute Gasteiger partial charge is 0.327 e. The van der Waals surface area contributed by atoms with Crippen LogP contribution in [0.3, 0.4) is 0 Å². The van der Waals surface area contributed by atoms with Crippen LogP contribution in [0.5, 0.6) is 0 Å². The summed E-state index contributed by atoms with van der Waals surface area (Å²) in [7, 11) is 0. The van der Waals surface area contributed by atoms with E-state index < -0.39 is 0 Å². The maximum Gasteiger partial charge on any atom is 0.0174 e. The standard InChI is InChI=1S/C14H22N2S/c15-12-8-11(14-6-3-7-17-14)9-16(10-12)13-4-1-2-5-13/h3,6-7,11-13H,1-2,4-5,8-10,15H2. The molecule has 2 atom stereocenters. The van der Waals surface area contributed by atoms with Crippen LogP contribution in [0.1, 0.15) is 42.9 Å². The van der Waals surface area contributed by atoms with Crippen molar-refractivity contribution in [2.45, 2.75) is 50.1 Å². The molecule has 2 aliphatic rings. The first-order chi connectivity index (χ1) is 8.33. The third-order valence-corrected chi connectivity index (χ3v) is 5.33. The maximum absolute atomic E-state index is 6.25. The molecule has 3 heteroatoms. The minimum Gasteiger partial charge on any atom is -0.327 e. The van der Waals surface area contributed by atoms with Gasteiger partial charge in [0.2, 0.25) is 0 Å². The van der Waals surface area contributed by atoms with E-state index in [0.717, 1.165) is 12.6 Å². The fourth-order valence-electron chi connectivity index (χ4n) is 3.47. The highest BCUT2D eigenvalue weighted by Gasteiger charge is 2.31. The number of thiophene rings is 1. The van der Waals surface area contributed by atoms with Gasteiger partial charge in [-0.2, -0.15) is 0 Å². The lowest BCUT2D eigenvalue weighted by Crippen LogP contribution is -2.49. The molecule has 1 aromatic rings. The summed E-state index contributed by atoms with van der Waals surface area (Å²) >= 11 is 1.89. The van der Waals surface area contributed by atoms with Crippen LogP contribution < -0.4 is 5.73 Å². The summed E-state index contributed by atoms with van der Waals surface area (Å²) in [5.41, 5.74) is 6.25. The summed E-state index contributed by atoms with van der Waals surface area (Å²) < 4.78 is 0. The lowest BCUT2D eigenvalue weighted by atomic mass is 9.92. The van der Waals surface area contributed by atoms with Crippen molar-refractivity contribution in [3.8, 4) is 0 Å². The Morgan fingerprint density at radius 3 is 2.76 bits per heavy atom. The van der Waals surface area contributed by atoms with E-state index in [4.69, 9.17) is 5.73 Å². The van der Waals surface area contributed by atoms with Crippen LogP contribution in [0, 0.1) is 0 Å². The summed E-state index contributed by atoms with van der Waals surface area (Å²) in [5.74, 6) is 0.680. The van der Waals surface area contributed by atoms with Crippen LogP contribution in [0.2, 0.25) is 0 Å². The Morgan fingerprint density at radius 1 is 1.24 bits per heavy atom. The van der Waals surface area contributed by atoms with E-state index in [-0.39, 0.29) is 0 Å². The van der Waals surface area contributed by atoms with E-state index in [9.17, 15) is 0 Å². The molecule has 0 amide bonds. The predicted molar refractivity (Wildman–Crippen MR) is 73.5 cm³/mol. The van der Waals surface area contributed by atoms with Crippen LogP contribution in [0.15, 0.2) is 17.5 Å². The first kappa shape index (κ1) is 11.7. The highest BCUT2D eigenvalue weighted by atomic mass is 32.1. The summed E-state index contributed by atoms with van der Waals surface area (Å²) in [4.78, 5) is 4.20. The van der Waals surface area contributed by atoms with E-state index in [2.05, 4.69) is 22.4 Å². The molecule has 2 fully saturated rings. The van der Waals surface area contributed by atoms with E-state index >= 15 is 0 Å². The molecular weight excluding hydrogens is 228 g/mol. The topological polar surface area (TPSA) is 29.3 Å². The molecule has 1 aliphatic carbocycles. The molecule has 3 rings (SSSR count). The summed E-state index contributed by atoms with van der Waals surface area (Å²) in [5, 5.41) is 2.19. The quantitative estimate of drug-likeness (QED) is 0.874. The second-order valence-electron chi connectivity index (χ2n) is 5.60. The molecule has 1 aromatic heterocycles. The molecule has 94 valence electrons. The molecule has 2 nitrogen and oxygen atoms in total. The van der Waals surface area contributed by atoms with Crippen LogP contribution in [-0.4, -0.2) is 30.1 Å². The van der Waals surface area contributed by atoms with E-state index in [0.29, 0.717) is 12.0 Å². The Bertz CT molecular complexity index is 343. The average molecular weight is 250 g/mol. The number of rotatable bonds is 2. The van der Waals surface area contributed by atoms with Gasteiger partial charge in [0.1, 0.15) is 0 Å². The van der Waals surface area contributed by atoms with Gasteiger partial charge in [-0.15, -0.1) is 11.3 Å². The normalized spacial score (nSPS) is 32.1. The molecule has 2 N–H and O–H groups in total. The highest BCUT2D eigenvalue weighted by molar-refractivity contribution is 7.10. The van der Waals surface area contributed by atoms with Crippen molar-refractivity contribution in [1.29, 1.82) is 0 Å². The number of nitrogens with zero attached hydrogens (tertiary/aromatic N) is 1. The fraction of sp³-hybridized carbons (Fsp3) is 0.714. The molecule has 2 unspecified atom stereocenters. The molecule has 17 heavy (non-hydrogen) atoms. The van der Waals surface area contributed by atoms with Crippen molar-refractivity contribution in [3.05, 3.63) is 22.4 Å². The molecule has 0 spiro atoms. The Hall–Kier alpha value is -0.380. The van der Waals surface area contributed by atoms with Gasteiger partial charge in [0.15, 0.2) is 0 Å². The van der Waals surface area contributed by atoms with Gasteiger partial charge >= 0.3 is 0 Å². The van der Waals surface area contributed by atoms with Gasteiger partial charge in [-0.3, -0.25) is 4.90 Å². The number of piperidine rings is 1. The molecule has 2 heterocycles. The van der Waals surface area contributed by atoms with Crippen molar-refractivity contribution in [2.24, 2.45) is 5.73 Å². The van der Waals surface area contributed by atoms with E-state index in [1.54, 1.807) is 0 Å². The minimum absolute atomic E-state index is 0.372. The van der Waals surface area contributed by atoms with Crippen LogP contribution in [-0.2, 0) is 0 Å². The fourth-order valence-corrected chi connectivity index (χ4v) is 4.31. The van der Waals surface area contributed by atoms with Gasteiger partial charge in [0.05, 0.1) is 0 Å². The summed E-state index contributed by atoms with van der Waals surface area (Å²) in [6, 6.07) is 5.64. The van der Waals surface area contributed by atoms with Gasteiger partial charge < -0.3 is 5.73 Å². The zero-order chi connectivity index (χ0) is 11.7. The first-order valence-electron chi connectivity index (χ1n) is 6.86. The predicted octanol–water partition coefficient (Wildman–Crippen LogP) is 2.81. The van der Waals surface area contributed by atoms with Crippen LogP contribution >= 0.6 is 11.3 Å². The third kappa shape index (κ3) is 2.56. The van der Waals surface area contributed by atoms with Crippen molar-refractivity contribution in [2.75, 3.05) is 13.1 Å². The van der Waals surface area contributed by atoms with Crippen molar-refractivity contribution < 1.29 is 0 Å². The van der Waals surface area contributed by atoms with Gasteiger partial charge in [-0.25, -0.2) is 0 Å². The molecule has 1 saturated carbocycles. The van der Waals surface area contributed by atoms with Crippen molar-refractivity contribution in [3.63, 3.8) is 0 Å². The lowest BCUT2D eigenvalue weighted by Gasteiger charge is -2.39. The second-order valence-corrected chi connectivity index (χ2v) is 6.58. The highest BCUT2D eigenvalue weighted by Crippen LogP contribution is 2.33. The number of hydrogen-bond donors (Lipinski definition) is 1. The number of nitrogens with two attached hydrogens (primary N) is 1. The van der Waals surface area contributed by atoms with Gasteiger partial charge in [0.25, 0.3) is 0 Å². The van der Waals surface area contributed by atoms with Gasteiger partial charge in [-0.05, 0) is 30.7 Å². The average Bonchev–Trinajstić information content (AvgIpc) is 3.02. The van der Waals surface area contributed by atoms with Gasteiger partial charge in [0, 0.05) is 36.0 Å². The zero-order valence-electron chi connectivity index (χ0n) is 10.3. The van der Waals surface area contributed by atoms with Crippen molar-refractivity contribution in [1.82, 2.24) is 4.90 Å². The Balaban J connectivity index is 1.70. The minimum atomic E-state index is 0.372. The molecule has 1 saturated heterocycles. The van der Waals surface area contributed by atoms with E-state index in [1.807, 2.05) is 11.3 Å². The van der Waals surface area contributed by atoms with E-state index in [1.165, 1.54) is 43.5 Å². The number of hydrogen-bond acceptors (Lipinski definition) is 3. The number of likely N-dealkylation sites (tertiary alicyclic amines) is 1. The molecular formula is C14H22N2S. The first-order valence-corrected chi connectivity index (χ1v) is 7.74. The third-order valence-electron chi connectivity index (χ3n) is 4.30. The van der Waals surface area contributed by atoms with Crippen LogP contribution in [0.4, 0.5) is 0 Å². The smallest absolute Gasteiger partial charge is 0.0174 e. The molecule has 0 radical (unpaired) electrons. The second kappa shape index (κ2) is 5.09. The molecule has 1 aliphatic heterocycles. The maximum atomic E-state index is 6.25. The molecule has 0 aromatic carbocycles. The summed E-state index contributed by atoms with van der Waals surface area (Å²) in [6.07, 6.45) is 6.79. The zero-order valence-corrected chi connectivity index (χ0v) is 11.2. The molecule has 0 bridgehead atoms. The van der Waals surface area contributed by atoms with Gasteiger partial charge in [-0.1, -0.05) is 18.9 Å². The lowest BCUT2D eigenvalue weighted by molar-refractivity contribution is 0.137. The summed E-state index contributed by atoms with van der Waals surface area (Å²) in [6.45, 7) is 2.35.